The maximum Gasteiger partial charge on any atom is 0.235 e. The van der Waals surface area contributed by atoms with E-state index in [0.717, 1.165) is 17.7 Å². The number of benzene rings is 1. The molecule has 0 atom stereocenters. The van der Waals surface area contributed by atoms with Crippen molar-refractivity contribution in [3.63, 3.8) is 0 Å². The van der Waals surface area contributed by atoms with Crippen molar-refractivity contribution < 1.29 is 13.2 Å². The molecule has 1 N–H and O–H groups in total. The van der Waals surface area contributed by atoms with Crippen LogP contribution in [0.3, 0.4) is 0 Å². The minimum atomic E-state index is -3.33. The zero-order valence-corrected chi connectivity index (χ0v) is 12.1. The Balaban J connectivity index is 2.27. The highest BCUT2D eigenvalue weighted by molar-refractivity contribution is 7.93. The van der Waals surface area contributed by atoms with Gasteiger partial charge >= 0.3 is 0 Å². The van der Waals surface area contributed by atoms with E-state index >= 15 is 0 Å². The van der Waals surface area contributed by atoms with Gasteiger partial charge in [-0.2, -0.15) is 0 Å². The Morgan fingerprint density at radius 1 is 1.37 bits per heavy atom. The fraction of sp³-hybridized carbons (Fsp3) is 0.462. The molecule has 1 amide bonds. The van der Waals surface area contributed by atoms with E-state index in [0.29, 0.717) is 12.2 Å². The number of amides is 1. The Kier molecular flexibility index (Phi) is 3.54. The lowest BCUT2D eigenvalue weighted by Crippen LogP contribution is -2.25. The van der Waals surface area contributed by atoms with Crippen molar-refractivity contribution in [2.45, 2.75) is 32.4 Å². The van der Waals surface area contributed by atoms with E-state index in [9.17, 15) is 13.2 Å². The quantitative estimate of drug-likeness (QED) is 0.918. The summed E-state index contributed by atoms with van der Waals surface area (Å²) in [5.41, 5.74) is 2.43. The predicted molar refractivity (Wildman–Crippen MR) is 75.9 cm³/mol. The Bertz CT molecular complexity index is 608. The molecule has 0 saturated carbocycles. The lowest BCUT2D eigenvalue weighted by atomic mass is 10.1. The summed E-state index contributed by atoms with van der Waals surface area (Å²) in [4.78, 5) is 13.1. The van der Waals surface area contributed by atoms with E-state index in [1.165, 1.54) is 6.92 Å². The molecule has 0 bridgehead atoms. The molecule has 19 heavy (non-hydrogen) atoms. The number of fused-ring (bicyclic) bond motifs is 1. The van der Waals surface area contributed by atoms with Crippen molar-refractivity contribution in [1.82, 2.24) is 0 Å². The second kappa shape index (κ2) is 4.85. The molecule has 104 valence electrons. The number of rotatable bonds is 3. The van der Waals surface area contributed by atoms with Crippen LogP contribution in [0.1, 0.15) is 26.3 Å². The third kappa shape index (κ3) is 2.73. The molecule has 0 unspecified atom stereocenters. The third-order valence-corrected chi connectivity index (χ3v) is 5.00. The van der Waals surface area contributed by atoms with E-state index in [2.05, 4.69) is 4.72 Å². The molecule has 0 radical (unpaired) electrons. The molecule has 0 saturated heterocycles. The van der Waals surface area contributed by atoms with Crippen LogP contribution in [0, 0.1) is 0 Å². The maximum atomic E-state index is 11.8. The molecular weight excluding hydrogens is 264 g/mol. The van der Waals surface area contributed by atoms with Gasteiger partial charge in [0.15, 0.2) is 0 Å². The number of sulfonamides is 1. The molecule has 0 fully saturated rings. The highest BCUT2D eigenvalue weighted by atomic mass is 32.2. The van der Waals surface area contributed by atoms with Gasteiger partial charge in [-0.05, 0) is 44.0 Å². The van der Waals surface area contributed by atoms with Gasteiger partial charge in [-0.1, -0.05) is 0 Å². The summed E-state index contributed by atoms with van der Waals surface area (Å²) in [6, 6.07) is 5.29. The highest BCUT2D eigenvalue weighted by Gasteiger charge is 2.23. The van der Waals surface area contributed by atoms with Crippen molar-refractivity contribution in [2.75, 3.05) is 16.2 Å². The van der Waals surface area contributed by atoms with E-state index in [4.69, 9.17) is 0 Å². The van der Waals surface area contributed by atoms with Crippen molar-refractivity contribution >= 4 is 27.3 Å². The minimum Gasteiger partial charge on any atom is -0.312 e. The van der Waals surface area contributed by atoms with Crippen LogP contribution in [-0.4, -0.2) is 26.1 Å². The molecule has 1 aliphatic heterocycles. The molecule has 1 aliphatic rings. The van der Waals surface area contributed by atoms with Gasteiger partial charge in [0.25, 0.3) is 0 Å². The largest absolute Gasteiger partial charge is 0.312 e. The second-order valence-electron chi connectivity index (χ2n) is 4.96. The summed E-state index contributed by atoms with van der Waals surface area (Å²) >= 11 is 0. The van der Waals surface area contributed by atoms with Crippen molar-refractivity contribution in [2.24, 2.45) is 0 Å². The fourth-order valence-electron chi connectivity index (χ4n) is 2.07. The predicted octanol–water partition coefficient (Wildman–Crippen LogP) is 1.75. The first-order chi connectivity index (χ1) is 8.81. The van der Waals surface area contributed by atoms with E-state index < -0.39 is 15.3 Å². The Hall–Kier alpha value is -1.56. The molecule has 6 heteroatoms. The van der Waals surface area contributed by atoms with Crippen LogP contribution in [0.5, 0.6) is 0 Å². The maximum absolute atomic E-state index is 11.8. The Morgan fingerprint density at radius 3 is 2.63 bits per heavy atom. The number of carbonyl (C=O) groups excluding carboxylic acids is 1. The average Bonchev–Trinajstić information content (AvgIpc) is 2.71. The lowest BCUT2D eigenvalue weighted by molar-refractivity contribution is -0.116. The SMILES string of the molecule is CC(=O)N1CCc2cc(NS(=O)(=O)C(C)C)ccc21. The standard InChI is InChI=1S/C13H18N2O3S/c1-9(2)19(17,18)14-12-4-5-13-11(8-12)6-7-15(13)10(3)16/h4-5,8-9,14H,6-7H2,1-3H3. The molecule has 0 spiro atoms. The number of hydrogen-bond donors (Lipinski definition) is 1. The smallest absolute Gasteiger partial charge is 0.235 e. The summed E-state index contributed by atoms with van der Waals surface area (Å²) in [7, 11) is -3.33. The normalized spacial score (nSPS) is 14.6. The van der Waals surface area contributed by atoms with Gasteiger partial charge in [-0.15, -0.1) is 0 Å². The Morgan fingerprint density at radius 2 is 2.05 bits per heavy atom. The van der Waals surface area contributed by atoms with E-state index in [1.807, 2.05) is 0 Å². The molecule has 0 aromatic heterocycles. The average molecular weight is 282 g/mol. The zero-order chi connectivity index (χ0) is 14.2. The van der Waals surface area contributed by atoms with Crippen LogP contribution < -0.4 is 9.62 Å². The number of anilines is 2. The highest BCUT2D eigenvalue weighted by Crippen LogP contribution is 2.30. The molecule has 2 rings (SSSR count). The molecule has 0 aliphatic carbocycles. The first kappa shape index (κ1) is 13.9. The summed E-state index contributed by atoms with van der Waals surface area (Å²) < 4.78 is 26.2. The van der Waals surface area contributed by atoms with E-state index in [1.54, 1.807) is 36.9 Å². The van der Waals surface area contributed by atoms with Crippen LogP contribution in [0.15, 0.2) is 18.2 Å². The van der Waals surface area contributed by atoms with Crippen molar-refractivity contribution in [3.8, 4) is 0 Å². The van der Waals surface area contributed by atoms with Gasteiger partial charge in [0.05, 0.1) is 5.25 Å². The van der Waals surface area contributed by atoms with Gasteiger partial charge < -0.3 is 4.90 Å². The van der Waals surface area contributed by atoms with Crippen molar-refractivity contribution in [1.29, 1.82) is 0 Å². The number of carbonyl (C=O) groups is 1. The summed E-state index contributed by atoms with van der Waals surface area (Å²) in [6.45, 7) is 5.45. The molecule has 1 heterocycles. The van der Waals surface area contributed by atoms with Gasteiger partial charge in [-0.25, -0.2) is 8.42 Å². The molecular formula is C13H18N2O3S. The van der Waals surface area contributed by atoms with Crippen LogP contribution in [0.4, 0.5) is 11.4 Å². The summed E-state index contributed by atoms with van der Waals surface area (Å²) in [6.07, 6.45) is 0.756. The van der Waals surface area contributed by atoms with Crippen molar-refractivity contribution in [3.05, 3.63) is 23.8 Å². The first-order valence-corrected chi connectivity index (χ1v) is 7.78. The lowest BCUT2D eigenvalue weighted by Gasteiger charge is -2.15. The number of nitrogens with zero attached hydrogens (tertiary/aromatic N) is 1. The number of nitrogens with one attached hydrogen (secondary N) is 1. The third-order valence-electron chi connectivity index (χ3n) is 3.24. The second-order valence-corrected chi connectivity index (χ2v) is 7.20. The van der Waals surface area contributed by atoms with Crippen LogP contribution in [-0.2, 0) is 21.2 Å². The van der Waals surface area contributed by atoms with Gasteiger partial charge in [0, 0.05) is 24.8 Å². The monoisotopic (exact) mass is 282 g/mol. The molecule has 1 aromatic carbocycles. The Labute approximate surface area is 113 Å². The zero-order valence-electron chi connectivity index (χ0n) is 11.3. The summed E-state index contributed by atoms with van der Waals surface area (Å²) in [5, 5.41) is -0.477. The summed E-state index contributed by atoms with van der Waals surface area (Å²) in [5.74, 6) is 0.00858. The van der Waals surface area contributed by atoms with Gasteiger partial charge in [0.1, 0.15) is 0 Å². The minimum absolute atomic E-state index is 0.00858. The molecule has 1 aromatic rings. The number of hydrogen-bond acceptors (Lipinski definition) is 3. The topological polar surface area (TPSA) is 66.5 Å². The van der Waals surface area contributed by atoms with E-state index in [-0.39, 0.29) is 5.91 Å². The molecule has 5 nitrogen and oxygen atoms in total. The fourth-order valence-corrected chi connectivity index (χ4v) is 2.77. The van der Waals surface area contributed by atoms with Crippen LogP contribution >= 0.6 is 0 Å². The van der Waals surface area contributed by atoms with Gasteiger partial charge in [-0.3, -0.25) is 9.52 Å². The van der Waals surface area contributed by atoms with Gasteiger partial charge in [0.2, 0.25) is 15.9 Å². The first-order valence-electron chi connectivity index (χ1n) is 6.24. The van der Waals surface area contributed by atoms with Crippen LogP contribution in [0.25, 0.3) is 0 Å². The van der Waals surface area contributed by atoms with Crippen LogP contribution in [0.2, 0.25) is 0 Å².